The Morgan fingerprint density at radius 1 is 1.29 bits per heavy atom. The van der Waals surface area contributed by atoms with Crippen LogP contribution in [0.2, 0.25) is 0 Å². The van der Waals surface area contributed by atoms with Crippen molar-refractivity contribution in [1.29, 1.82) is 0 Å². The number of rotatable bonds is 5. The molecule has 0 aliphatic carbocycles. The molecule has 0 atom stereocenters. The van der Waals surface area contributed by atoms with Gasteiger partial charge in [0.2, 0.25) is 0 Å². The number of hydrogen-bond donors (Lipinski definition) is 2. The summed E-state index contributed by atoms with van der Waals surface area (Å²) in [6.07, 6.45) is 2.66. The van der Waals surface area contributed by atoms with E-state index in [9.17, 15) is 4.79 Å². The van der Waals surface area contributed by atoms with E-state index in [-0.39, 0.29) is 5.91 Å². The standard InChI is InChI=1S/C17H21N3O/c1-4-13-6-5-9-19-16(13)11-20-17(21)14-8-7-12(2)10-15(14)18-3/h5-10,18H,4,11H2,1-3H3,(H,20,21). The van der Waals surface area contributed by atoms with Gasteiger partial charge in [0.05, 0.1) is 17.8 Å². The summed E-state index contributed by atoms with van der Waals surface area (Å²) in [4.78, 5) is 16.7. The van der Waals surface area contributed by atoms with Crippen LogP contribution in [0.15, 0.2) is 36.5 Å². The Labute approximate surface area is 125 Å². The van der Waals surface area contributed by atoms with Crippen molar-refractivity contribution in [2.45, 2.75) is 26.8 Å². The fourth-order valence-corrected chi connectivity index (χ4v) is 2.27. The molecular weight excluding hydrogens is 262 g/mol. The number of pyridine rings is 1. The minimum atomic E-state index is -0.0907. The molecule has 110 valence electrons. The molecule has 0 bridgehead atoms. The number of aryl methyl sites for hydroxylation is 2. The van der Waals surface area contributed by atoms with Crippen LogP contribution in [0, 0.1) is 6.92 Å². The van der Waals surface area contributed by atoms with E-state index in [4.69, 9.17) is 0 Å². The number of carbonyl (C=O) groups excluding carboxylic acids is 1. The summed E-state index contributed by atoms with van der Waals surface area (Å²) in [7, 11) is 1.82. The summed E-state index contributed by atoms with van der Waals surface area (Å²) >= 11 is 0. The van der Waals surface area contributed by atoms with Gasteiger partial charge in [0.1, 0.15) is 0 Å². The van der Waals surface area contributed by atoms with Crippen molar-refractivity contribution < 1.29 is 4.79 Å². The smallest absolute Gasteiger partial charge is 0.253 e. The number of amides is 1. The topological polar surface area (TPSA) is 54.0 Å². The Morgan fingerprint density at radius 3 is 2.81 bits per heavy atom. The zero-order valence-corrected chi connectivity index (χ0v) is 12.7. The lowest BCUT2D eigenvalue weighted by molar-refractivity contribution is 0.0951. The Bertz CT molecular complexity index is 638. The highest BCUT2D eigenvalue weighted by atomic mass is 16.1. The summed E-state index contributed by atoms with van der Waals surface area (Å²) in [5.41, 5.74) is 4.69. The van der Waals surface area contributed by atoms with E-state index in [0.29, 0.717) is 12.1 Å². The van der Waals surface area contributed by atoms with Crippen LogP contribution in [0.5, 0.6) is 0 Å². The minimum Gasteiger partial charge on any atom is -0.387 e. The molecular formula is C17H21N3O. The fourth-order valence-electron chi connectivity index (χ4n) is 2.27. The molecule has 0 unspecified atom stereocenters. The minimum absolute atomic E-state index is 0.0907. The van der Waals surface area contributed by atoms with E-state index < -0.39 is 0 Å². The van der Waals surface area contributed by atoms with Crippen LogP contribution in [0.3, 0.4) is 0 Å². The molecule has 1 amide bonds. The zero-order chi connectivity index (χ0) is 15.2. The molecule has 2 rings (SSSR count). The monoisotopic (exact) mass is 283 g/mol. The average Bonchev–Trinajstić information content (AvgIpc) is 2.52. The molecule has 2 N–H and O–H groups in total. The molecule has 0 radical (unpaired) electrons. The number of anilines is 1. The summed E-state index contributed by atoms with van der Waals surface area (Å²) < 4.78 is 0. The van der Waals surface area contributed by atoms with Crippen molar-refractivity contribution in [1.82, 2.24) is 10.3 Å². The molecule has 0 saturated heterocycles. The third-order valence-corrected chi connectivity index (χ3v) is 3.47. The van der Waals surface area contributed by atoms with Crippen molar-refractivity contribution >= 4 is 11.6 Å². The van der Waals surface area contributed by atoms with Gasteiger partial charge in [-0.25, -0.2) is 0 Å². The first kappa shape index (κ1) is 15.0. The second-order valence-electron chi connectivity index (χ2n) is 4.94. The highest BCUT2D eigenvalue weighted by molar-refractivity contribution is 5.99. The van der Waals surface area contributed by atoms with E-state index in [1.807, 2.05) is 44.3 Å². The number of nitrogens with one attached hydrogen (secondary N) is 2. The summed E-state index contributed by atoms with van der Waals surface area (Å²) in [5, 5.41) is 6.00. The van der Waals surface area contributed by atoms with Gasteiger partial charge in [-0.3, -0.25) is 9.78 Å². The molecule has 0 aliphatic heterocycles. The Kier molecular flexibility index (Phi) is 4.93. The summed E-state index contributed by atoms with van der Waals surface area (Å²) in [5.74, 6) is -0.0907. The van der Waals surface area contributed by atoms with Gasteiger partial charge >= 0.3 is 0 Å². The first-order chi connectivity index (χ1) is 10.2. The number of nitrogens with zero attached hydrogens (tertiary/aromatic N) is 1. The number of benzene rings is 1. The quantitative estimate of drug-likeness (QED) is 0.887. The normalized spacial score (nSPS) is 10.2. The van der Waals surface area contributed by atoms with Crippen LogP contribution >= 0.6 is 0 Å². The van der Waals surface area contributed by atoms with Gasteiger partial charge in [0.15, 0.2) is 0 Å². The second-order valence-corrected chi connectivity index (χ2v) is 4.94. The molecule has 1 heterocycles. The SMILES string of the molecule is CCc1cccnc1CNC(=O)c1ccc(C)cc1NC. The lowest BCUT2D eigenvalue weighted by atomic mass is 10.1. The number of carbonyl (C=O) groups is 1. The molecule has 21 heavy (non-hydrogen) atoms. The fraction of sp³-hybridized carbons (Fsp3) is 0.294. The maximum atomic E-state index is 12.3. The van der Waals surface area contributed by atoms with Gasteiger partial charge in [-0.2, -0.15) is 0 Å². The molecule has 0 saturated carbocycles. The average molecular weight is 283 g/mol. The van der Waals surface area contributed by atoms with E-state index >= 15 is 0 Å². The van der Waals surface area contributed by atoms with Gasteiger partial charge in [-0.15, -0.1) is 0 Å². The molecule has 1 aromatic heterocycles. The van der Waals surface area contributed by atoms with Gasteiger partial charge in [0.25, 0.3) is 5.91 Å². The van der Waals surface area contributed by atoms with Crippen LogP contribution in [-0.2, 0) is 13.0 Å². The number of hydrogen-bond acceptors (Lipinski definition) is 3. The predicted octanol–water partition coefficient (Wildman–Crippen LogP) is 2.92. The van der Waals surface area contributed by atoms with Crippen LogP contribution in [0.1, 0.15) is 34.1 Å². The van der Waals surface area contributed by atoms with Gasteiger partial charge < -0.3 is 10.6 Å². The summed E-state index contributed by atoms with van der Waals surface area (Å²) in [6.45, 7) is 4.53. The first-order valence-electron chi connectivity index (χ1n) is 7.15. The van der Waals surface area contributed by atoms with E-state index in [2.05, 4.69) is 22.5 Å². The van der Waals surface area contributed by atoms with Crippen LogP contribution < -0.4 is 10.6 Å². The van der Waals surface area contributed by atoms with E-state index in [1.165, 1.54) is 0 Å². The third-order valence-electron chi connectivity index (χ3n) is 3.47. The van der Waals surface area contributed by atoms with Gasteiger partial charge in [0, 0.05) is 18.9 Å². The Balaban J connectivity index is 2.12. The molecule has 0 fully saturated rings. The Morgan fingerprint density at radius 2 is 2.10 bits per heavy atom. The largest absolute Gasteiger partial charge is 0.387 e. The molecule has 0 aliphatic rings. The molecule has 4 heteroatoms. The predicted molar refractivity (Wildman–Crippen MR) is 85.5 cm³/mol. The maximum absolute atomic E-state index is 12.3. The van der Waals surface area contributed by atoms with E-state index in [0.717, 1.165) is 28.9 Å². The van der Waals surface area contributed by atoms with Gasteiger partial charge in [-0.05, 0) is 42.7 Å². The zero-order valence-electron chi connectivity index (χ0n) is 12.7. The maximum Gasteiger partial charge on any atom is 0.253 e. The lowest BCUT2D eigenvalue weighted by Gasteiger charge is -2.12. The third kappa shape index (κ3) is 3.60. The highest BCUT2D eigenvalue weighted by Crippen LogP contribution is 2.17. The Hall–Kier alpha value is -2.36. The number of aromatic nitrogens is 1. The second kappa shape index (κ2) is 6.88. The molecule has 2 aromatic rings. The van der Waals surface area contributed by atoms with Crippen molar-refractivity contribution in [2.75, 3.05) is 12.4 Å². The van der Waals surface area contributed by atoms with Crippen LogP contribution in [0.25, 0.3) is 0 Å². The van der Waals surface area contributed by atoms with Crippen molar-refractivity contribution in [3.63, 3.8) is 0 Å². The van der Waals surface area contributed by atoms with E-state index in [1.54, 1.807) is 6.20 Å². The van der Waals surface area contributed by atoms with Crippen molar-refractivity contribution in [2.24, 2.45) is 0 Å². The van der Waals surface area contributed by atoms with Crippen molar-refractivity contribution in [3.8, 4) is 0 Å². The molecule has 4 nitrogen and oxygen atoms in total. The highest BCUT2D eigenvalue weighted by Gasteiger charge is 2.11. The van der Waals surface area contributed by atoms with Crippen molar-refractivity contribution in [3.05, 3.63) is 58.9 Å². The summed E-state index contributed by atoms with van der Waals surface area (Å²) in [6, 6.07) is 9.71. The lowest BCUT2D eigenvalue weighted by Crippen LogP contribution is -2.24. The van der Waals surface area contributed by atoms with Crippen LogP contribution in [-0.4, -0.2) is 17.9 Å². The van der Waals surface area contributed by atoms with Crippen LogP contribution in [0.4, 0.5) is 5.69 Å². The van der Waals surface area contributed by atoms with Gasteiger partial charge in [-0.1, -0.05) is 19.1 Å². The molecule has 1 aromatic carbocycles. The molecule has 0 spiro atoms. The first-order valence-corrected chi connectivity index (χ1v) is 7.15.